The van der Waals surface area contributed by atoms with Gasteiger partial charge in [0.05, 0.1) is 18.8 Å². The van der Waals surface area contributed by atoms with Gasteiger partial charge in [-0.25, -0.2) is 4.98 Å². The van der Waals surface area contributed by atoms with E-state index < -0.39 is 0 Å². The summed E-state index contributed by atoms with van der Waals surface area (Å²) in [7, 11) is 1.76. The fourth-order valence-electron chi connectivity index (χ4n) is 3.06. The average Bonchev–Trinajstić information content (AvgIpc) is 3.04. The second-order valence-corrected chi connectivity index (χ2v) is 6.31. The summed E-state index contributed by atoms with van der Waals surface area (Å²) in [5, 5.41) is 0.685. The molecule has 1 aliphatic heterocycles. The van der Waals surface area contributed by atoms with E-state index in [1.165, 1.54) is 0 Å². The van der Waals surface area contributed by atoms with E-state index in [0.29, 0.717) is 36.1 Å². The number of ether oxygens (including phenoxy) is 1. The second kappa shape index (κ2) is 10.4. The molecule has 25 heavy (non-hydrogen) atoms. The molecule has 0 saturated carbocycles. The molecule has 1 fully saturated rings. The van der Waals surface area contributed by atoms with E-state index in [1.807, 2.05) is 24.3 Å². The van der Waals surface area contributed by atoms with Crippen molar-refractivity contribution in [3.8, 4) is 11.3 Å². The van der Waals surface area contributed by atoms with Crippen LogP contribution in [0, 0.1) is 0 Å². The summed E-state index contributed by atoms with van der Waals surface area (Å²) in [5.74, 6) is 1.44. The van der Waals surface area contributed by atoms with Gasteiger partial charge < -0.3 is 14.9 Å². The number of nitrogens with two attached hydrogens (primary N) is 1. The first-order valence-corrected chi connectivity index (χ1v) is 8.25. The number of oxazole rings is 1. The molecule has 1 aromatic heterocycles. The topological polar surface area (TPSA) is 64.5 Å². The zero-order valence-electron chi connectivity index (χ0n) is 14.1. The van der Waals surface area contributed by atoms with Gasteiger partial charge >= 0.3 is 0 Å². The molecule has 0 radical (unpaired) electrons. The van der Waals surface area contributed by atoms with Crippen molar-refractivity contribution in [2.24, 2.45) is 5.73 Å². The number of hydrogen-bond donors (Lipinski definition) is 1. The van der Waals surface area contributed by atoms with Gasteiger partial charge in [0.25, 0.3) is 0 Å². The van der Waals surface area contributed by atoms with Gasteiger partial charge in [-0.3, -0.25) is 4.90 Å². The monoisotopic (exact) mass is 407 g/mol. The van der Waals surface area contributed by atoms with Gasteiger partial charge in [0.1, 0.15) is 0 Å². The van der Waals surface area contributed by atoms with Crippen LogP contribution in [0.2, 0.25) is 5.02 Å². The van der Waals surface area contributed by atoms with Crippen LogP contribution in [0.15, 0.2) is 34.9 Å². The van der Waals surface area contributed by atoms with E-state index in [4.69, 9.17) is 26.5 Å². The first kappa shape index (κ1) is 22.2. The van der Waals surface area contributed by atoms with Crippen LogP contribution >= 0.6 is 36.4 Å². The number of piperidine rings is 1. The fourth-order valence-corrected chi connectivity index (χ4v) is 3.25. The molecule has 2 atom stereocenters. The Hall–Kier alpha value is -0.820. The molecule has 2 N–H and O–H groups in total. The Morgan fingerprint density at radius 1 is 1.40 bits per heavy atom. The minimum absolute atomic E-state index is 0. The minimum atomic E-state index is 0. The predicted octanol–water partition coefficient (Wildman–Crippen LogP) is 3.78. The highest BCUT2D eigenvalue weighted by molar-refractivity contribution is 6.30. The SMILES string of the molecule is COC1CCN(Cc2ncc(-c3cccc(Cl)c3)o2)C(CN)C1.Cl.Cl. The molecule has 2 aromatic rings. The smallest absolute Gasteiger partial charge is 0.209 e. The van der Waals surface area contributed by atoms with Crippen molar-refractivity contribution < 1.29 is 9.15 Å². The normalized spacial score (nSPS) is 20.6. The van der Waals surface area contributed by atoms with Crippen molar-refractivity contribution >= 4 is 36.4 Å². The van der Waals surface area contributed by atoms with E-state index in [1.54, 1.807) is 13.3 Å². The zero-order valence-corrected chi connectivity index (χ0v) is 16.4. The summed E-state index contributed by atoms with van der Waals surface area (Å²) < 4.78 is 11.4. The maximum atomic E-state index is 6.03. The van der Waals surface area contributed by atoms with Crippen LogP contribution in [0.3, 0.4) is 0 Å². The van der Waals surface area contributed by atoms with E-state index in [9.17, 15) is 0 Å². The molecular weight excluding hydrogens is 385 g/mol. The Bertz CT molecular complexity index is 654. The molecule has 1 aliphatic rings. The Labute approximate surface area is 165 Å². The molecule has 1 aromatic carbocycles. The maximum absolute atomic E-state index is 6.03. The molecule has 3 rings (SSSR count). The lowest BCUT2D eigenvalue weighted by Crippen LogP contribution is -2.48. The molecule has 5 nitrogen and oxygen atoms in total. The molecule has 2 unspecified atom stereocenters. The number of nitrogens with zero attached hydrogens (tertiary/aromatic N) is 2. The van der Waals surface area contributed by atoms with Gasteiger partial charge in [-0.1, -0.05) is 23.7 Å². The number of aromatic nitrogens is 1. The minimum Gasteiger partial charge on any atom is -0.439 e. The van der Waals surface area contributed by atoms with Crippen molar-refractivity contribution in [2.75, 3.05) is 20.2 Å². The number of methoxy groups -OCH3 is 1. The van der Waals surface area contributed by atoms with Crippen LogP contribution in [0.4, 0.5) is 0 Å². The zero-order chi connectivity index (χ0) is 16.2. The van der Waals surface area contributed by atoms with Crippen molar-refractivity contribution in [3.63, 3.8) is 0 Å². The van der Waals surface area contributed by atoms with Gasteiger partial charge in [0, 0.05) is 36.8 Å². The van der Waals surface area contributed by atoms with Crippen LogP contribution in [-0.2, 0) is 11.3 Å². The highest BCUT2D eigenvalue weighted by Gasteiger charge is 2.28. The van der Waals surface area contributed by atoms with Crippen LogP contribution in [0.1, 0.15) is 18.7 Å². The Morgan fingerprint density at radius 2 is 2.20 bits per heavy atom. The quantitative estimate of drug-likeness (QED) is 0.815. The van der Waals surface area contributed by atoms with Gasteiger partial charge in [0.2, 0.25) is 5.89 Å². The van der Waals surface area contributed by atoms with Crippen LogP contribution < -0.4 is 5.73 Å². The molecule has 0 aliphatic carbocycles. The van der Waals surface area contributed by atoms with Crippen molar-refractivity contribution in [1.82, 2.24) is 9.88 Å². The predicted molar refractivity (Wildman–Crippen MR) is 105 cm³/mol. The number of hydrogen-bond acceptors (Lipinski definition) is 5. The Balaban J connectivity index is 0.00000156. The lowest BCUT2D eigenvalue weighted by Gasteiger charge is -2.37. The van der Waals surface area contributed by atoms with Crippen LogP contribution in [0.5, 0.6) is 0 Å². The van der Waals surface area contributed by atoms with E-state index in [-0.39, 0.29) is 24.8 Å². The van der Waals surface area contributed by atoms with Crippen LogP contribution in [-0.4, -0.2) is 42.2 Å². The van der Waals surface area contributed by atoms with E-state index >= 15 is 0 Å². The molecule has 0 bridgehead atoms. The van der Waals surface area contributed by atoms with Crippen LogP contribution in [0.25, 0.3) is 11.3 Å². The number of rotatable bonds is 5. The number of likely N-dealkylation sites (tertiary alicyclic amines) is 1. The summed E-state index contributed by atoms with van der Waals surface area (Å²) in [6.45, 7) is 2.22. The standard InChI is InChI=1S/C17H22ClN3O2.2ClH/c1-22-15-5-6-21(14(8-15)9-19)11-17-20-10-16(23-17)12-3-2-4-13(18)7-12;;/h2-4,7,10,14-15H,5-6,8-9,11,19H2,1H3;2*1H. The molecular formula is C17H24Cl3N3O2. The molecule has 8 heteroatoms. The first-order chi connectivity index (χ1) is 11.2. The number of halogens is 3. The first-order valence-electron chi connectivity index (χ1n) is 7.87. The lowest BCUT2D eigenvalue weighted by atomic mass is 9.99. The summed E-state index contributed by atoms with van der Waals surface area (Å²) in [6.07, 6.45) is 4.01. The highest BCUT2D eigenvalue weighted by atomic mass is 35.5. The van der Waals surface area contributed by atoms with Crippen molar-refractivity contribution in [2.45, 2.75) is 31.5 Å². The van der Waals surface area contributed by atoms with Gasteiger partial charge in [-0.2, -0.15) is 0 Å². The third kappa shape index (κ3) is 5.58. The summed E-state index contributed by atoms with van der Waals surface area (Å²) in [5.41, 5.74) is 6.85. The third-order valence-corrected chi connectivity index (χ3v) is 4.63. The summed E-state index contributed by atoms with van der Waals surface area (Å²) in [6, 6.07) is 7.88. The molecule has 0 spiro atoms. The van der Waals surface area contributed by atoms with Gasteiger partial charge in [-0.05, 0) is 25.0 Å². The van der Waals surface area contributed by atoms with Crippen molar-refractivity contribution in [1.29, 1.82) is 0 Å². The summed E-state index contributed by atoms with van der Waals surface area (Å²) >= 11 is 6.03. The third-order valence-electron chi connectivity index (χ3n) is 4.40. The Kier molecular flexibility index (Phi) is 9.21. The largest absolute Gasteiger partial charge is 0.439 e. The maximum Gasteiger partial charge on any atom is 0.209 e. The highest BCUT2D eigenvalue weighted by Crippen LogP contribution is 2.25. The summed E-state index contributed by atoms with van der Waals surface area (Å²) in [4.78, 5) is 6.72. The van der Waals surface area contributed by atoms with E-state index in [2.05, 4.69) is 9.88 Å². The average molecular weight is 409 g/mol. The van der Waals surface area contributed by atoms with Gasteiger partial charge in [-0.15, -0.1) is 24.8 Å². The molecule has 2 heterocycles. The molecule has 1 saturated heterocycles. The van der Waals surface area contributed by atoms with Gasteiger partial charge in [0.15, 0.2) is 5.76 Å². The Morgan fingerprint density at radius 3 is 2.88 bits per heavy atom. The fraction of sp³-hybridized carbons (Fsp3) is 0.471. The molecule has 0 amide bonds. The second-order valence-electron chi connectivity index (χ2n) is 5.87. The number of benzene rings is 1. The van der Waals surface area contributed by atoms with Crippen molar-refractivity contribution in [3.05, 3.63) is 41.4 Å². The molecule has 140 valence electrons. The lowest BCUT2D eigenvalue weighted by molar-refractivity contribution is 0.00743. The van der Waals surface area contributed by atoms with E-state index in [0.717, 1.165) is 30.7 Å².